The summed E-state index contributed by atoms with van der Waals surface area (Å²) in [6, 6.07) is 6.20. The maximum atomic E-state index is 14.1. The van der Waals surface area contributed by atoms with Gasteiger partial charge in [-0.05, 0) is 70.3 Å². The average molecular weight is 430 g/mol. The molecule has 0 bridgehead atoms. The maximum absolute atomic E-state index is 14.1. The van der Waals surface area contributed by atoms with E-state index in [4.69, 9.17) is 4.74 Å². The molecule has 2 aliphatic heterocycles. The van der Waals surface area contributed by atoms with Crippen molar-refractivity contribution < 1.29 is 18.7 Å². The van der Waals surface area contributed by atoms with Crippen LogP contribution in [0.2, 0.25) is 0 Å². The average Bonchev–Trinajstić information content (AvgIpc) is 3.29. The molecule has 1 saturated carbocycles. The van der Waals surface area contributed by atoms with Gasteiger partial charge >= 0.3 is 0 Å². The number of rotatable bonds is 7. The van der Waals surface area contributed by atoms with Gasteiger partial charge in [-0.3, -0.25) is 9.59 Å². The molecule has 3 fully saturated rings. The van der Waals surface area contributed by atoms with E-state index in [1.807, 2.05) is 0 Å². The van der Waals surface area contributed by atoms with Crippen LogP contribution in [0.15, 0.2) is 30.0 Å². The Morgan fingerprint density at radius 3 is 2.74 bits per heavy atom. The third-order valence-electron chi connectivity index (χ3n) is 6.50. The van der Waals surface area contributed by atoms with Gasteiger partial charge in [0.25, 0.3) is 5.91 Å². The highest BCUT2D eigenvalue weighted by atomic mass is 19.1. The van der Waals surface area contributed by atoms with Gasteiger partial charge in [-0.2, -0.15) is 0 Å². The number of benzene rings is 1. The summed E-state index contributed by atoms with van der Waals surface area (Å²) in [6.45, 7) is 3.92. The number of hydrogen-bond acceptors (Lipinski definition) is 4. The fourth-order valence-corrected chi connectivity index (χ4v) is 4.84. The second-order valence-corrected chi connectivity index (χ2v) is 8.72. The van der Waals surface area contributed by atoms with E-state index in [1.54, 1.807) is 23.1 Å². The number of ether oxygens (including phenoxy) is 1. The first-order valence-electron chi connectivity index (χ1n) is 11.5. The topological polar surface area (TPSA) is 61.9 Å². The number of halogens is 1. The number of hydrogen-bond donors (Lipinski definition) is 1. The maximum Gasteiger partial charge on any atom is 0.289 e. The Bertz CT molecular complexity index is 822. The smallest absolute Gasteiger partial charge is 0.289 e. The number of carbonyl (C=O) groups is 2. The number of amides is 2. The van der Waals surface area contributed by atoms with Crippen molar-refractivity contribution in [2.75, 3.05) is 32.7 Å². The minimum Gasteiger partial charge on any atom is -0.482 e. The molecule has 2 unspecified atom stereocenters. The monoisotopic (exact) mass is 429 g/mol. The molecule has 2 atom stereocenters. The zero-order chi connectivity index (χ0) is 21.6. The zero-order valence-corrected chi connectivity index (χ0v) is 18.0. The van der Waals surface area contributed by atoms with Gasteiger partial charge in [0, 0.05) is 12.1 Å². The lowest BCUT2D eigenvalue weighted by Crippen LogP contribution is -2.57. The Morgan fingerprint density at radius 2 is 1.94 bits per heavy atom. The van der Waals surface area contributed by atoms with Crippen molar-refractivity contribution in [3.05, 3.63) is 41.4 Å². The molecular formula is C24H32FN3O3. The van der Waals surface area contributed by atoms with E-state index in [0.717, 1.165) is 51.7 Å². The minimum absolute atomic E-state index is 0.0156. The predicted octanol–water partition coefficient (Wildman–Crippen LogP) is 2.94. The Labute approximate surface area is 183 Å². The summed E-state index contributed by atoms with van der Waals surface area (Å²) < 4.78 is 20.1. The number of likely N-dealkylation sites (tertiary alicyclic amines) is 1. The van der Waals surface area contributed by atoms with Crippen LogP contribution in [0.1, 0.15) is 50.5 Å². The van der Waals surface area contributed by atoms with E-state index in [0.29, 0.717) is 12.1 Å². The van der Waals surface area contributed by atoms with Crippen LogP contribution in [0.3, 0.4) is 0 Å². The van der Waals surface area contributed by atoms with Gasteiger partial charge < -0.3 is 19.9 Å². The molecule has 0 aromatic heterocycles. The van der Waals surface area contributed by atoms with E-state index >= 15 is 0 Å². The van der Waals surface area contributed by atoms with Crippen LogP contribution in [0, 0.1) is 5.82 Å². The van der Waals surface area contributed by atoms with Gasteiger partial charge in [0.2, 0.25) is 5.91 Å². The lowest BCUT2D eigenvalue weighted by atomic mass is 9.89. The third kappa shape index (κ3) is 5.45. The highest BCUT2D eigenvalue weighted by molar-refractivity contribution is 5.98. The molecule has 31 heavy (non-hydrogen) atoms. The van der Waals surface area contributed by atoms with Crippen molar-refractivity contribution in [3.63, 3.8) is 0 Å². The summed E-state index contributed by atoms with van der Waals surface area (Å²) in [7, 11) is 0. The second kappa shape index (κ2) is 10.3. The summed E-state index contributed by atoms with van der Waals surface area (Å²) in [5.74, 6) is -0.764. The van der Waals surface area contributed by atoms with Crippen molar-refractivity contribution >= 4 is 17.9 Å². The van der Waals surface area contributed by atoms with E-state index < -0.39 is 5.82 Å². The van der Waals surface area contributed by atoms with Crippen LogP contribution < -0.4 is 5.32 Å². The normalized spacial score (nSPS) is 25.4. The molecule has 2 heterocycles. The van der Waals surface area contributed by atoms with Crippen molar-refractivity contribution in [1.82, 2.24) is 15.1 Å². The van der Waals surface area contributed by atoms with Crippen LogP contribution in [0.25, 0.3) is 6.08 Å². The van der Waals surface area contributed by atoms with Gasteiger partial charge in [0.1, 0.15) is 18.5 Å². The molecule has 3 aliphatic rings. The van der Waals surface area contributed by atoms with Crippen molar-refractivity contribution in [1.29, 1.82) is 0 Å². The summed E-state index contributed by atoms with van der Waals surface area (Å²) >= 11 is 0. The van der Waals surface area contributed by atoms with Gasteiger partial charge in [0.05, 0.1) is 6.04 Å². The molecule has 4 rings (SSSR count). The molecule has 168 valence electrons. The van der Waals surface area contributed by atoms with Crippen LogP contribution in [0.5, 0.6) is 0 Å². The Kier molecular flexibility index (Phi) is 7.22. The number of morpholine rings is 1. The lowest BCUT2D eigenvalue weighted by Gasteiger charge is -2.44. The fourth-order valence-electron chi connectivity index (χ4n) is 4.84. The molecule has 6 nitrogen and oxygen atoms in total. The number of fused-ring (bicyclic) bond motifs is 1. The van der Waals surface area contributed by atoms with Crippen LogP contribution in [-0.4, -0.2) is 66.5 Å². The molecule has 0 spiro atoms. The summed E-state index contributed by atoms with van der Waals surface area (Å²) in [5, 5.41) is 2.96. The first-order chi connectivity index (χ1) is 15.1. The Balaban J connectivity index is 1.39. The SMILES string of the molecule is O=C(CN1C(=O)/C(=C/c2ccccc2F)OC2CCCCC21)NCCCN1CCCC1. The van der Waals surface area contributed by atoms with E-state index in [2.05, 4.69) is 10.2 Å². The molecule has 1 aromatic rings. The van der Waals surface area contributed by atoms with Gasteiger partial charge in [-0.1, -0.05) is 24.6 Å². The van der Waals surface area contributed by atoms with Gasteiger partial charge in [-0.25, -0.2) is 4.39 Å². The third-order valence-corrected chi connectivity index (χ3v) is 6.50. The molecular weight excluding hydrogens is 397 g/mol. The minimum atomic E-state index is -0.403. The highest BCUT2D eigenvalue weighted by Crippen LogP contribution is 2.33. The molecule has 7 heteroatoms. The molecule has 1 aliphatic carbocycles. The number of carbonyl (C=O) groups excluding carboxylic acids is 2. The van der Waals surface area contributed by atoms with Crippen molar-refractivity contribution in [2.45, 2.75) is 57.1 Å². The van der Waals surface area contributed by atoms with E-state index in [1.165, 1.54) is 25.0 Å². The Hall–Kier alpha value is -2.41. The molecule has 0 radical (unpaired) electrons. The summed E-state index contributed by atoms with van der Waals surface area (Å²) in [6.07, 6.45) is 8.44. The standard InChI is InChI=1S/C24H32FN3O3/c25-19-9-2-1-8-18(19)16-22-24(30)28(20-10-3-4-11-21(20)31-22)17-23(29)26-12-7-15-27-13-5-6-14-27/h1-2,8-9,16,20-21H,3-7,10-15,17H2,(H,26,29)/b22-16-. The summed E-state index contributed by atoms with van der Waals surface area (Å²) in [4.78, 5) is 29.8. The number of nitrogens with one attached hydrogen (secondary N) is 1. The number of nitrogens with zero attached hydrogens (tertiary/aromatic N) is 2. The quantitative estimate of drug-likeness (QED) is 0.535. The fraction of sp³-hybridized carbons (Fsp3) is 0.583. The lowest BCUT2D eigenvalue weighted by molar-refractivity contribution is -0.151. The van der Waals surface area contributed by atoms with Gasteiger partial charge in [-0.15, -0.1) is 0 Å². The first-order valence-corrected chi connectivity index (χ1v) is 11.5. The Morgan fingerprint density at radius 1 is 1.16 bits per heavy atom. The van der Waals surface area contributed by atoms with Crippen molar-refractivity contribution in [2.24, 2.45) is 0 Å². The van der Waals surface area contributed by atoms with Gasteiger partial charge in [0.15, 0.2) is 5.76 Å². The molecule has 1 aromatic carbocycles. The molecule has 2 amide bonds. The van der Waals surface area contributed by atoms with Crippen molar-refractivity contribution in [3.8, 4) is 0 Å². The first kappa shape index (κ1) is 21.8. The molecule has 2 saturated heterocycles. The highest BCUT2D eigenvalue weighted by Gasteiger charge is 2.42. The molecule has 1 N–H and O–H groups in total. The van der Waals surface area contributed by atoms with Crippen LogP contribution in [-0.2, 0) is 14.3 Å². The summed E-state index contributed by atoms with van der Waals surface area (Å²) in [5.41, 5.74) is 0.312. The van der Waals surface area contributed by atoms with E-state index in [9.17, 15) is 14.0 Å². The predicted molar refractivity (Wildman–Crippen MR) is 117 cm³/mol. The largest absolute Gasteiger partial charge is 0.482 e. The zero-order valence-electron chi connectivity index (χ0n) is 18.0. The van der Waals surface area contributed by atoms with E-state index in [-0.39, 0.29) is 36.3 Å². The second-order valence-electron chi connectivity index (χ2n) is 8.72. The van der Waals surface area contributed by atoms with Crippen LogP contribution in [0.4, 0.5) is 4.39 Å². The van der Waals surface area contributed by atoms with Crippen LogP contribution >= 0.6 is 0 Å².